The molecule has 0 spiro atoms. The molecule has 1 amide bonds. The van der Waals surface area contributed by atoms with Crippen LogP contribution in [0.25, 0.3) is 0 Å². The molecule has 0 aromatic heterocycles. The SMILES string of the molecule is COCCNC(=O)C(C)NCc1ccc(C#N)cc1Cl. The molecule has 0 saturated carbocycles. The Morgan fingerprint density at radius 3 is 2.90 bits per heavy atom. The Hall–Kier alpha value is -1.61. The number of hydrogen-bond acceptors (Lipinski definition) is 4. The number of carbonyl (C=O) groups excluding carboxylic acids is 1. The van der Waals surface area contributed by atoms with E-state index in [2.05, 4.69) is 10.6 Å². The number of nitrogens with one attached hydrogen (secondary N) is 2. The fourth-order valence-electron chi connectivity index (χ4n) is 1.55. The lowest BCUT2D eigenvalue weighted by Crippen LogP contribution is -2.42. The lowest BCUT2D eigenvalue weighted by Gasteiger charge is -2.14. The van der Waals surface area contributed by atoms with E-state index in [0.29, 0.717) is 30.3 Å². The van der Waals surface area contributed by atoms with Crippen LogP contribution in [0.4, 0.5) is 0 Å². The summed E-state index contributed by atoms with van der Waals surface area (Å²) in [5.74, 6) is -0.0909. The minimum absolute atomic E-state index is 0.0909. The maximum Gasteiger partial charge on any atom is 0.236 e. The molecule has 1 atom stereocenters. The molecule has 0 saturated heterocycles. The van der Waals surface area contributed by atoms with Gasteiger partial charge in [0.05, 0.1) is 24.3 Å². The zero-order valence-electron chi connectivity index (χ0n) is 11.6. The highest BCUT2D eigenvalue weighted by Crippen LogP contribution is 2.17. The Bertz CT molecular complexity index is 500. The third kappa shape index (κ3) is 5.17. The molecule has 108 valence electrons. The van der Waals surface area contributed by atoms with Crippen molar-refractivity contribution in [2.45, 2.75) is 19.5 Å². The van der Waals surface area contributed by atoms with E-state index >= 15 is 0 Å². The first-order valence-electron chi connectivity index (χ1n) is 6.27. The highest BCUT2D eigenvalue weighted by atomic mass is 35.5. The van der Waals surface area contributed by atoms with Gasteiger partial charge in [0.1, 0.15) is 0 Å². The van der Waals surface area contributed by atoms with Gasteiger partial charge in [-0.15, -0.1) is 0 Å². The van der Waals surface area contributed by atoms with Gasteiger partial charge in [0.2, 0.25) is 5.91 Å². The summed E-state index contributed by atoms with van der Waals surface area (Å²) >= 11 is 6.07. The Labute approximate surface area is 123 Å². The molecule has 0 aliphatic heterocycles. The van der Waals surface area contributed by atoms with E-state index in [0.717, 1.165) is 5.56 Å². The molecule has 0 radical (unpaired) electrons. The molecule has 20 heavy (non-hydrogen) atoms. The van der Waals surface area contributed by atoms with Crippen LogP contribution in [0.2, 0.25) is 5.02 Å². The summed E-state index contributed by atoms with van der Waals surface area (Å²) in [6.45, 7) is 3.21. The zero-order chi connectivity index (χ0) is 15.0. The monoisotopic (exact) mass is 295 g/mol. The number of rotatable bonds is 7. The second-order valence-electron chi connectivity index (χ2n) is 4.30. The van der Waals surface area contributed by atoms with Gasteiger partial charge in [0.25, 0.3) is 0 Å². The van der Waals surface area contributed by atoms with Crippen molar-refractivity contribution in [3.05, 3.63) is 34.3 Å². The maximum atomic E-state index is 11.7. The first kappa shape index (κ1) is 16.4. The molecule has 5 nitrogen and oxygen atoms in total. The first-order chi connectivity index (χ1) is 9.58. The number of hydrogen-bond donors (Lipinski definition) is 2. The van der Waals surface area contributed by atoms with Gasteiger partial charge in [-0.3, -0.25) is 4.79 Å². The zero-order valence-corrected chi connectivity index (χ0v) is 12.3. The van der Waals surface area contributed by atoms with Gasteiger partial charge in [-0.1, -0.05) is 17.7 Å². The van der Waals surface area contributed by atoms with Crippen LogP contribution in [0.3, 0.4) is 0 Å². The van der Waals surface area contributed by atoms with Crippen LogP contribution in [0.5, 0.6) is 0 Å². The quantitative estimate of drug-likeness (QED) is 0.747. The van der Waals surface area contributed by atoms with Crippen LogP contribution in [0.1, 0.15) is 18.1 Å². The number of halogens is 1. The van der Waals surface area contributed by atoms with Crippen molar-refractivity contribution in [2.75, 3.05) is 20.3 Å². The fourth-order valence-corrected chi connectivity index (χ4v) is 1.79. The molecule has 0 heterocycles. The molecular weight excluding hydrogens is 278 g/mol. The normalized spacial score (nSPS) is 11.7. The lowest BCUT2D eigenvalue weighted by molar-refractivity contribution is -0.122. The third-order valence-corrected chi connectivity index (χ3v) is 3.13. The van der Waals surface area contributed by atoms with Gasteiger partial charge in [0, 0.05) is 25.2 Å². The molecule has 2 N–H and O–H groups in total. The van der Waals surface area contributed by atoms with Gasteiger partial charge in [-0.05, 0) is 24.6 Å². The summed E-state index contributed by atoms with van der Waals surface area (Å²) in [6.07, 6.45) is 0. The van der Waals surface area contributed by atoms with Crippen LogP contribution >= 0.6 is 11.6 Å². The van der Waals surface area contributed by atoms with E-state index < -0.39 is 0 Å². The fraction of sp³-hybridized carbons (Fsp3) is 0.429. The maximum absolute atomic E-state index is 11.7. The Balaban J connectivity index is 2.46. The van der Waals surface area contributed by atoms with Crippen molar-refractivity contribution in [3.63, 3.8) is 0 Å². The predicted octanol–water partition coefficient (Wildman–Crippen LogP) is 1.45. The molecule has 1 unspecified atom stereocenters. The van der Waals surface area contributed by atoms with E-state index in [4.69, 9.17) is 21.6 Å². The third-order valence-electron chi connectivity index (χ3n) is 2.78. The smallest absolute Gasteiger partial charge is 0.236 e. The van der Waals surface area contributed by atoms with Gasteiger partial charge in [-0.2, -0.15) is 5.26 Å². The van der Waals surface area contributed by atoms with Crippen molar-refractivity contribution in [2.24, 2.45) is 0 Å². The highest BCUT2D eigenvalue weighted by Gasteiger charge is 2.12. The molecule has 0 fully saturated rings. The summed E-state index contributed by atoms with van der Waals surface area (Å²) in [5.41, 5.74) is 1.37. The molecular formula is C14H18ClN3O2. The summed E-state index contributed by atoms with van der Waals surface area (Å²) in [7, 11) is 1.58. The second-order valence-corrected chi connectivity index (χ2v) is 4.71. The van der Waals surface area contributed by atoms with Crippen molar-refractivity contribution in [1.82, 2.24) is 10.6 Å². The number of benzene rings is 1. The van der Waals surface area contributed by atoms with Crippen LogP contribution in [-0.2, 0) is 16.1 Å². The summed E-state index contributed by atoms with van der Waals surface area (Å²) in [5, 5.41) is 15.1. The van der Waals surface area contributed by atoms with Crippen LogP contribution < -0.4 is 10.6 Å². The average molecular weight is 296 g/mol. The van der Waals surface area contributed by atoms with Crippen molar-refractivity contribution in [3.8, 4) is 6.07 Å². The highest BCUT2D eigenvalue weighted by molar-refractivity contribution is 6.31. The first-order valence-corrected chi connectivity index (χ1v) is 6.64. The van der Waals surface area contributed by atoms with E-state index in [1.54, 1.807) is 32.2 Å². The molecule has 0 bridgehead atoms. The van der Waals surface area contributed by atoms with Crippen molar-refractivity contribution in [1.29, 1.82) is 5.26 Å². The molecule has 6 heteroatoms. The number of nitrogens with zero attached hydrogens (tertiary/aromatic N) is 1. The Morgan fingerprint density at radius 2 is 2.30 bits per heavy atom. The number of methoxy groups -OCH3 is 1. The van der Waals surface area contributed by atoms with Crippen molar-refractivity contribution < 1.29 is 9.53 Å². The summed E-state index contributed by atoms with van der Waals surface area (Å²) in [6, 6.07) is 6.79. The van der Waals surface area contributed by atoms with Crippen molar-refractivity contribution >= 4 is 17.5 Å². The van der Waals surface area contributed by atoms with E-state index in [9.17, 15) is 4.79 Å². The molecule has 0 aliphatic carbocycles. The minimum atomic E-state index is -0.335. The molecule has 0 aliphatic rings. The minimum Gasteiger partial charge on any atom is -0.383 e. The number of carbonyl (C=O) groups is 1. The predicted molar refractivity (Wildman–Crippen MR) is 77.4 cm³/mol. The Morgan fingerprint density at radius 1 is 1.55 bits per heavy atom. The number of nitriles is 1. The number of amides is 1. The van der Waals surface area contributed by atoms with E-state index in [1.165, 1.54) is 0 Å². The molecule has 1 aromatic rings. The van der Waals surface area contributed by atoms with Gasteiger partial charge >= 0.3 is 0 Å². The van der Waals surface area contributed by atoms with Crippen LogP contribution in [0.15, 0.2) is 18.2 Å². The lowest BCUT2D eigenvalue weighted by atomic mass is 10.1. The largest absolute Gasteiger partial charge is 0.383 e. The van der Waals surface area contributed by atoms with Gasteiger partial charge in [-0.25, -0.2) is 0 Å². The molecule has 1 rings (SSSR count). The number of ether oxygens (including phenoxy) is 1. The summed E-state index contributed by atoms with van der Waals surface area (Å²) in [4.78, 5) is 11.7. The van der Waals surface area contributed by atoms with Crippen LogP contribution in [-0.4, -0.2) is 32.2 Å². The van der Waals surface area contributed by atoms with Crippen LogP contribution in [0, 0.1) is 11.3 Å². The van der Waals surface area contributed by atoms with E-state index in [-0.39, 0.29) is 11.9 Å². The average Bonchev–Trinajstić information content (AvgIpc) is 2.45. The summed E-state index contributed by atoms with van der Waals surface area (Å²) < 4.78 is 4.86. The second kappa shape index (κ2) is 8.54. The Kier molecular flexibility index (Phi) is 7.02. The van der Waals surface area contributed by atoms with E-state index in [1.807, 2.05) is 6.07 Å². The van der Waals surface area contributed by atoms with Gasteiger partial charge < -0.3 is 15.4 Å². The van der Waals surface area contributed by atoms with Gasteiger partial charge in [0.15, 0.2) is 0 Å². The standard InChI is InChI=1S/C14H18ClN3O2/c1-10(14(19)17-5-6-20-2)18-9-12-4-3-11(8-16)7-13(12)15/h3-4,7,10,18H,5-6,9H2,1-2H3,(H,17,19). The topological polar surface area (TPSA) is 74.2 Å². The molecule has 1 aromatic carbocycles.